The zero-order chi connectivity index (χ0) is 22.5. The van der Waals surface area contributed by atoms with Gasteiger partial charge in [-0.15, -0.1) is 18.3 Å². The van der Waals surface area contributed by atoms with E-state index in [0.29, 0.717) is 0 Å². The van der Waals surface area contributed by atoms with Crippen molar-refractivity contribution >= 4 is 40.5 Å². The number of carbonyl (C=O) groups is 4. The molecule has 158 valence electrons. The van der Waals surface area contributed by atoms with Gasteiger partial charge in [-0.1, -0.05) is 41.5 Å². The zero-order valence-electron chi connectivity index (χ0n) is 18.6. The van der Waals surface area contributed by atoms with Gasteiger partial charge in [0.2, 0.25) is 0 Å². The van der Waals surface area contributed by atoms with Gasteiger partial charge < -0.3 is 15.3 Å². The minimum Gasteiger partial charge on any atom is -0.852 e. The minimum absolute atomic E-state index is 0. The molecule has 0 amide bonds. The first-order chi connectivity index (χ1) is 11.4. The van der Waals surface area contributed by atoms with Gasteiger partial charge in [0.15, 0.2) is 0 Å². The van der Waals surface area contributed by atoms with E-state index in [1.165, 1.54) is 27.7 Å². The Morgan fingerprint density at radius 2 is 0.593 bits per heavy atom. The Hall–Kier alpha value is -0.908. The molecule has 0 unspecified atom stereocenters. The second-order valence-electron chi connectivity index (χ2n) is 6.31. The molecular weight excluding hydrogens is 367 g/mol. The molecule has 0 aromatic heterocycles. The van der Waals surface area contributed by atoms with Crippen molar-refractivity contribution in [2.24, 2.45) is 0 Å². The van der Waals surface area contributed by atoms with Gasteiger partial charge in [-0.2, -0.15) is 0 Å². The van der Waals surface area contributed by atoms with Crippen molar-refractivity contribution in [3.8, 4) is 0 Å². The summed E-state index contributed by atoms with van der Waals surface area (Å²) in [5.74, 6) is -0.250. The standard InChI is InChI=1S/2C5H8O2.3C3H7O.Al/c2*1-4(6)3-5(2)7;3*1-3(2)4;/h2*3H2,1-2H3;3*3H,1-2H3;/q;;3*-1;+3. The van der Waals surface area contributed by atoms with Crippen molar-refractivity contribution in [1.82, 2.24) is 0 Å². The summed E-state index contributed by atoms with van der Waals surface area (Å²) >= 11 is 0. The van der Waals surface area contributed by atoms with Gasteiger partial charge in [-0.3, -0.25) is 19.2 Å². The maximum absolute atomic E-state index is 10.0. The predicted octanol–water partition coefficient (Wildman–Crippen LogP) is -0.00650. The third-order valence-corrected chi connectivity index (χ3v) is 0.996. The normalized spacial score (nSPS) is 8.30. The number of Topliss-reactive ketones (excluding diaryl/α,β-unsaturated/α-hetero) is 4. The van der Waals surface area contributed by atoms with E-state index in [9.17, 15) is 34.5 Å². The molecule has 0 aromatic rings. The summed E-state index contributed by atoms with van der Waals surface area (Å²) in [5, 5.41) is 28.6. The quantitative estimate of drug-likeness (QED) is 0.474. The van der Waals surface area contributed by atoms with Gasteiger partial charge in [-0.25, -0.2) is 0 Å². The average Bonchev–Trinajstić information content (AvgIpc) is 2.21. The van der Waals surface area contributed by atoms with Crippen LogP contribution in [0.1, 0.15) is 82.1 Å². The van der Waals surface area contributed by atoms with Crippen LogP contribution in [-0.2, 0) is 19.2 Å². The molecule has 0 saturated carbocycles. The molecule has 0 fully saturated rings. The number of carbonyl (C=O) groups excluding carboxylic acids is 4. The Morgan fingerprint density at radius 1 is 0.519 bits per heavy atom. The molecule has 0 radical (unpaired) electrons. The van der Waals surface area contributed by atoms with Crippen molar-refractivity contribution in [2.75, 3.05) is 0 Å². The Morgan fingerprint density at radius 3 is 0.593 bits per heavy atom. The second-order valence-corrected chi connectivity index (χ2v) is 6.31. The number of ketones is 4. The summed E-state index contributed by atoms with van der Waals surface area (Å²) in [4.78, 5) is 40.1. The van der Waals surface area contributed by atoms with Crippen LogP contribution in [0.25, 0.3) is 0 Å². The predicted molar refractivity (Wildman–Crippen MR) is 103 cm³/mol. The third kappa shape index (κ3) is 266. The van der Waals surface area contributed by atoms with Gasteiger partial charge in [-0.05, 0) is 27.7 Å². The molecule has 0 bridgehead atoms. The van der Waals surface area contributed by atoms with E-state index in [4.69, 9.17) is 0 Å². The molecule has 0 spiro atoms. The van der Waals surface area contributed by atoms with Crippen LogP contribution < -0.4 is 15.3 Å². The van der Waals surface area contributed by atoms with Gasteiger partial charge in [0.1, 0.15) is 23.1 Å². The fourth-order valence-corrected chi connectivity index (χ4v) is 0.701. The average molecular weight is 404 g/mol. The molecule has 27 heavy (non-hydrogen) atoms. The van der Waals surface area contributed by atoms with E-state index in [1.807, 2.05) is 0 Å². The van der Waals surface area contributed by atoms with Gasteiger partial charge in [0, 0.05) is 0 Å². The van der Waals surface area contributed by atoms with Crippen molar-refractivity contribution in [3.63, 3.8) is 0 Å². The summed E-state index contributed by atoms with van der Waals surface area (Å²) in [7, 11) is 0. The number of hydrogen-bond acceptors (Lipinski definition) is 7. The summed E-state index contributed by atoms with van der Waals surface area (Å²) in [6.07, 6.45) is -1.08. The van der Waals surface area contributed by atoms with Crippen LogP contribution in [0.15, 0.2) is 0 Å². The summed E-state index contributed by atoms with van der Waals surface area (Å²) in [5.41, 5.74) is 0. The van der Waals surface area contributed by atoms with E-state index in [0.717, 1.165) is 0 Å². The van der Waals surface area contributed by atoms with Crippen molar-refractivity contribution in [1.29, 1.82) is 0 Å². The minimum atomic E-state index is -0.417. The molecule has 0 N–H and O–H groups in total. The van der Waals surface area contributed by atoms with Crippen LogP contribution in [-0.4, -0.2) is 58.8 Å². The number of hydrogen-bond donors (Lipinski definition) is 0. The molecule has 0 saturated heterocycles. The zero-order valence-corrected chi connectivity index (χ0v) is 19.7. The van der Waals surface area contributed by atoms with Crippen LogP contribution >= 0.6 is 0 Å². The van der Waals surface area contributed by atoms with Crippen LogP contribution in [0, 0.1) is 0 Å². The van der Waals surface area contributed by atoms with Gasteiger partial charge in [0.05, 0.1) is 12.8 Å². The molecule has 7 nitrogen and oxygen atoms in total. The van der Waals surface area contributed by atoms with Gasteiger partial charge >= 0.3 is 17.4 Å². The maximum Gasteiger partial charge on any atom is 3.00 e. The summed E-state index contributed by atoms with van der Waals surface area (Å²) in [6, 6.07) is 0. The van der Waals surface area contributed by atoms with E-state index in [2.05, 4.69) is 0 Å². The Kier molecular flexibility index (Phi) is 45.0. The topological polar surface area (TPSA) is 137 Å². The Bertz CT molecular complexity index is 293. The molecule has 0 rings (SSSR count). The fraction of sp³-hybridized carbons (Fsp3) is 0.789. The molecule has 0 heterocycles. The van der Waals surface area contributed by atoms with E-state index >= 15 is 0 Å². The Balaban J connectivity index is -0.0000000520. The molecule has 0 atom stereocenters. The SMILES string of the molecule is CC(=O)CC(C)=O.CC(=O)CC(C)=O.CC(C)[O-].CC(C)[O-].CC(C)[O-].[Al+3]. The smallest absolute Gasteiger partial charge is 0.852 e. The first kappa shape index (κ1) is 40.7. The van der Waals surface area contributed by atoms with E-state index in [-0.39, 0.29) is 53.3 Å². The van der Waals surface area contributed by atoms with E-state index < -0.39 is 18.3 Å². The molecule has 0 aromatic carbocycles. The Labute approximate surface area is 175 Å². The van der Waals surface area contributed by atoms with Gasteiger partial charge in [0.25, 0.3) is 0 Å². The monoisotopic (exact) mass is 404 g/mol. The van der Waals surface area contributed by atoms with Crippen LogP contribution in [0.4, 0.5) is 0 Å². The number of rotatable bonds is 4. The molecule has 0 aliphatic rings. The van der Waals surface area contributed by atoms with E-state index in [1.54, 1.807) is 41.5 Å². The van der Waals surface area contributed by atoms with Crippen LogP contribution in [0.3, 0.4) is 0 Å². The fourth-order valence-electron chi connectivity index (χ4n) is 0.701. The molecule has 0 aliphatic carbocycles. The maximum atomic E-state index is 10.0. The first-order valence-electron chi connectivity index (χ1n) is 8.40. The van der Waals surface area contributed by atoms with Crippen LogP contribution in [0.5, 0.6) is 0 Å². The summed E-state index contributed by atoms with van der Waals surface area (Å²) < 4.78 is 0. The first-order valence-corrected chi connectivity index (χ1v) is 8.40. The largest absolute Gasteiger partial charge is 3.00 e. The molecular formula is C19H37AlO7. The van der Waals surface area contributed by atoms with Crippen molar-refractivity contribution in [2.45, 2.75) is 100 Å². The van der Waals surface area contributed by atoms with Crippen molar-refractivity contribution < 1.29 is 34.5 Å². The summed E-state index contributed by atoms with van der Waals surface area (Å²) in [6.45, 7) is 15.3. The molecule has 0 aliphatic heterocycles. The molecule has 8 heteroatoms. The van der Waals surface area contributed by atoms with Crippen molar-refractivity contribution in [3.05, 3.63) is 0 Å². The third-order valence-electron chi connectivity index (χ3n) is 0.996. The second kappa shape index (κ2) is 29.8. The van der Waals surface area contributed by atoms with Crippen LogP contribution in [0.2, 0.25) is 0 Å².